The van der Waals surface area contributed by atoms with Crippen LogP contribution in [0.1, 0.15) is 13.3 Å². The molecular weight excluding hydrogens is 62.1 g/mol. The minimum atomic E-state index is 0.920. The van der Waals surface area contributed by atoms with E-state index in [-0.39, 0.29) is 0 Å². The molecule has 1 nitrogen and oxygen atoms in total. The highest BCUT2D eigenvalue weighted by atomic mass is 14.3. The molecule has 0 saturated carbocycles. The van der Waals surface area contributed by atoms with Gasteiger partial charge in [-0.25, -0.2) is 0 Å². The quantitative estimate of drug-likeness (QED) is 0.447. The summed E-state index contributed by atoms with van der Waals surface area (Å²) in [5, 5.41) is 6.30. The summed E-state index contributed by atoms with van der Waals surface area (Å²) >= 11 is 0. The van der Waals surface area contributed by atoms with E-state index in [1.165, 1.54) is 0 Å². The number of hydrogen-bond acceptors (Lipinski definition) is 1. The van der Waals surface area contributed by atoms with Crippen LogP contribution in [0.3, 0.4) is 0 Å². The Balaban J connectivity index is 2.93. The fourth-order valence-corrected chi connectivity index (χ4v) is 0.102. The van der Waals surface area contributed by atoms with Gasteiger partial charge in [-0.15, -0.1) is 0 Å². The van der Waals surface area contributed by atoms with Crippen molar-refractivity contribution in [3.63, 3.8) is 0 Å². The van der Waals surface area contributed by atoms with Crippen molar-refractivity contribution in [2.45, 2.75) is 13.3 Å². The summed E-state index contributed by atoms with van der Waals surface area (Å²) < 4.78 is 0. The van der Waals surface area contributed by atoms with Gasteiger partial charge in [0.15, 0.2) is 0 Å². The van der Waals surface area contributed by atoms with Crippen molar-refractivity contribution >= 4 is 5.87 Å². The van der Waals surface area contributed by atoms with Gasteiger partial charge < -0.3 is 0 Å². The predicted octanol–water partition coefficient (Wildman–Crippen LogP) is 1.20. The van der Waals surface area contributed by atoms with Gasteiger partial charge in [0.05, 0.1) is 0 Å². The molecule has 0 rings (SSSR count). The average Bonchev–Trinajstić information content (AvgIpc) is 1.41. The summed E-state index contributed by atoms with van der Waals surface area (Å²) in [6, 6.07) is 0. The Bertz CT molecular complexity index is 50.7. The molecule has 0 aliphatic heterocycles. The second kappa shape index (κ2) is 3.45. The molecule has 0 fully saturated rings. The van der Waals surface area contributed by atoms with Gasteiger partial charge in [-0.1, -0.05) is 6.92 Å². The average molecular weight is 69.1 g/mol. The van der Waals surface area contributed by atoms with Crippen LogP contribution in [0.25, 0.3) is 0 Å². The second-order valence-electron chi connectivity index (χ2n) is 0.757. The van der Waals surface area contributed by atoms with Crippen LogP contribution < -0.4 is 0 Å². The van der Waals surface area contributed by atoms with Crippen molar-refractivity contribution in [1.82, 2.24) is 0 Å². The maximum atomic E-state index is 6.30. The lowest BCUT2D eigenvalue weighted by Gasteiger charge is -1.58. The Kier molecular flexibility index (Phi) is 3.07. The lowest BCUT2D eigenvalue weighted by Crippen LogP contribution is -1.46. The van der Waals surface area contributed by atoms with Crippen LogP contribution in [0.4, 0.5) is 0 Å². The molecule has 0 aromatic rings. The lowest BCUT2D eigenvalue weighted by atomic mass is 10.5. The largest absolute Gasteiger partial charge is 0.259 e. The molecule has 0 aromatic carbocycles. The van der Waals surface area contributed by atoms with Crippen LogP contribution in [0, 0.1) is 5.41 Å². The Morgan fingerprint density at radius 3 is 2.60 bits per heavy atom. The number of rotatable bonds is 1. The molecule has 28 valence electrons. The SMILES string of the molecule is CCC=C=N. The molecule has 0 spiro atoms. The van der Waals surface area contributed by atoms with Gasteiger partial charge in [0.25, 0.3) is 0 Å². The third-order valence-corrected chi connectivity index (χ3v) is 0.306. The Hall–Kier alpha value is -0.550. The van der Waals surface area contributed by atoms with Gasteiger partial charge in [0.2, 0.25) is 0 Å². The van der Waals surface area contributed by atoms with Gasteiger partial charge in [0, 0.05) is 0 Å². The normalized spacial score (nSPS) is 5.80. The minimum Gasteiger partial charge on any atom is -0.259 e. The van der Waals surface area contributed by atoms with Crippen molar-refractivity contribution in [3.05, 3.63) is 6.08 Å². The summed E-state index contributed by atoms with van der Waals surface area (Å²) in [4.78, 5) is 0. The molecule has 0 atom stereocenters. The highest BCUT2D eigenvalue weighted by molar-refractivity contribution is 5.46. The second-order valence-corrected chi connectivity index (χ2v) is 0.757. The van der Waals surface area contributed by atoms with E-state index in [0.29, 0.717) is 0 Å². The van der Waals surface area contributed by atoms with Crippen molar-refractivity contribution < 1.29 is 0 Å². The monoisotopic (exact) mass is 69.1 g/mol. The Labute approximate surface area is 31.8 Å². The Morgan fingerprint density at radius 1 is 2.00 bits per heavy atom. The smallest absolute Gasteiger partial charge is 0.0237 e. The predicted molar refractivity (Wildman–Crippen MR) is 22.6 cm³/mol. The first kappa shape index (κ1) is 4.45. The molecule has 1 heteroatoms. The summed E-state index contributed by atoms with van der Waals surface area (Å²) in [5.41, 5.74) is 0. The van der Waals surface area contributed by atoms with Crippen LogP contribution in [0.5, 0.6) is 0 Å². The van der Waals surface area contributed by atoms with Crippen molar-refractivity contribution in [2.75, 3.05) is 0 Å². The fourth-order valence-electron chi connectivity index (χ4n) is 0.102. The van der Waals surface area contributed by atoms with E-state index in [2.05, 4.69) is 5.87 Å². The summed E-state index contributed by atoms with van der Waals surface area (Å²) in [7, 11) is 0. The number of nitrogens with one attached hydrogen (secondary N) is 1. The zero-order valence-corrected chi connectivity index (χ0v) is 3.28. The van der Waals surface area contributed by atoms with Gasteiger partial charge in [-0.05, 0) is 18.4 Å². The van der Waals surface area contributed by atoms with E-state index in [1.54, 1.807) is 6.08 Å². The van der Waals surface area contributed by atoms with E-state index in [1.807, 2.05) is 6.92 Å². The molecular formula is C4H7N. The van der Waals surface area contributed by atoms with E-state index in [9.17, 15) is 0 Å². The van der Waals surface area contributed by atoms with Gasteiger partial charge in [-0.2, -0.15) is 0 Å². The molecule has 0 amide bonds. The van der Waals surface area contributed by atoms with Crippen molar-refractivity contribution in [3.8, 4) is 0 Å². The lowest BCUT2D eigenvalue weighted by molar-refractivity contribution is 1.24. The maximum absolute atomic E-state index is 6.30. The fraction of sp³-hybridized carbons (Fsp3) is 0.500. The van der Waals surface area contributed by atoms with E-state index in [0.717, 1.165) is 6.42 Å². The zero-order chi connectivity index (χ0) is 4.12. The van der Waals surface area contributed by atoms with Gasteiger partial charge >= 0.3 is 0 Å². The van der Waals surface area contributed by atoms with E-state index >= 15 is 0 Å². The molecule has 0 bridgehead atoms. The molecule has 0 unspecified atom stereocenters. The van der Waals surface area contributed by atoms with Crippen LogP contribution in [-0.4, -0.2) is 5.87 Å². The van der Waals surface area contributed by atoms with Gasteiger partial charge in [-0.3, -0.25) is 5.41 Å². The standard InChI is InChI=1S/C4H7N/c1-2-3-4-5/h3,5H,2H2,1H3. The first-order chi connectivity index (χ1) is 2.41. The first-order valence-corrected chi connectivity index (χ1v) is 1.65. The maximum Gasteiger partial charge on any atom is -0.0237 e. The summed E-state index contributed by atoms with van der Waals surface area (Å²) in [6.07, 6.45) is 2.59. The topological polar surface area (TPSA) is 23.9 Å². The highest BCUT2D eigenvalue weighted by Gasteiger charge is 1.50. The first-order valence-electron chi connectivity index (χ1n) is 1.65. The molecule has 5 heavy (non-hydrogen) atoms. The molecule has 1 N–H and O–H groups in total. The number of allylic oxidation sites excluding steroid dienone is 1. The molecule has 0 aliphatic carbocycles. The van der Waals surface area contributed by atoms with Crippen LogP contribution in [-0.2, 0) is 0 Å². The molecule has 0 aliphatic rings. The molecule has 0 radical (unpaired) electrons. The minimum absolute atomic E-state index is 0.920. The van der Waals surface area contributed by atoms with Crippen molar-refractivity contribution in [1.29, 1.82) is 5.41 Å². The van der Waals surface area contributed by atoms with E-state index < -0.39 is 0 Å². The van der Waals surface area contributed by atoms with Gasteiger partial charge in [0.1, 0.15) is 0 Å². The third kappa shape index (κ3) is 3.45. The molecule has 0 aromatic heterocycles. The molecule has 0 saturated heterocycles. The van der Waals surface area contributed by atoms with Crippen LogP contribution in [0.15, 0.2) is 6.08 Å². The number of hydrogen-bond donors (Lipinski definition) is 1. The van der Waals surface area contributed by atoms with E-state index in [4.69, 9.17) is 5.41 Å². The Morgan fingerprint density at radius 2 is 2.60 bits per heavy atom. The summed E-state index contributed by atoms with van der Waals surface area (Å²) in [6.45, 7) is 1.97. The molecule has 0 heterocycles. The van der Waals surface area contributed by atoms with Crippen LogP contribution >= 0.6 is 0 Å². The highest BCUT2D eigenvalue weighted by Crippen LogP contribution is 1.65. The zero-order valence-electron chi connectivity index (χ0n) is 3.28. The third-order valence-electron chi connectivity index (χ3n) is 0.306. The van der Waals surface area contributed by atoms with Crippen LogP contribution in [0.2, 0.25) is 0 Å². The summed E-state index contributed by atoms with van der Waals surface area (Å²) in [5.74, 6) is 2.14. The van der Waals surface area contributed by atoms with Crippen molar-refractivity contribution in [2.24, 2.45) is 0 Å².